The van der Waals surface area contributed by atoms with Crippen LogP contribution in [0.15, 0.2) is 60.9 Å². The lowest BCUT2D eigenvalue weighted by atomic mass is 9.94. The number of benzene rings is 1. The van der Waals surface area contributed by atoms with Crippen molar-refractivity contribution in [2.75, 3.05) is 61.3 Å². The lowest BCUT2D eigenvalue weighted by molar-refractivity contribution is -0.141. The molecule has 0 aliphatic carbocycles. The number of piperazine rings is 1. The fourth-order valence-corrected chi connectivity index (χ4v) is 7.26. The van der Waals surface area contributed by atoms with Gasteiger partial charge in [-0.1, -0.05) is 6.07 Å². The highest BCUT2D eigenvalue weighted by atomic mass is 19.4. The van der Waals surface area contributed by atoms with E-state index in [-0.39, 0.29) is 41.1 Å². The first-order chi connectivity index (χ1) is 26.8. The van der Waals surface area contributed by atoms with Gasteiger partial charge in [-0.3, -0.25) is 29.4 Å². The molecule has 1 unspecified atom stereocenters. The van der Waals surface area contributed by atoms with Crippen LogP contribution in [-0.2, 0) is 20.6 Å². The topological polar surface area (TPSA) is 154 Å². The second kappa shape index (κ2) is 16.2. The maximum Gasteiger partial charge on any atom is 0.433 e. The minimum absolute atomic E-state index is 0.0990. The lowest BCUT2D eigenvalue weighted by Gasteiger charge is -2.37. The molecule has 0 bridgehead atoms. The van der Waals surface area contributed by atoms with Gasteiger partial charge in [0.05, 0.1) is 18.3 Å². The van der Waals surface area contributed by atoms with E-state index in [0.29, 0.717) is 43.9 Å². The zero-order valence-corrected chi connectivity index (χ0v) is 31.1. The number of ether oxygens (including phenoxy) is 1. The van der Waals surface area contributed by atoms with Crippen LogP contribution < -0.4 is 25.6 Å². The van der Waals surface area contributed by atoms with Crippen molar-refractivity contribution in [1.29, 1.82) is 0 Å². The third-order valence-electron chi connectivity index (χ3n) is 10.3. The number of anilines is 3. The first-order valence-corrected chi connectivity index (χ1v) is 18.8. The van der Waals surface area contributed by atoms with E-state index < -0.39 is 23.8 Å². The highest BCUT2D eigenvalue weighted by Gasteiger charge is 2.33. The van der Waals surface area contributed by atoms with Crippen LogP contribution in [0.3, 0.4) is 0 Å². The summed E-state index contributed by atoms with van der Waals surface area (Å²) in [5.74, 6) is -0.829. The van der Waals surface area contributed by atoms with Gasteiger partial charge in [-0.15, -0.1) is 0 Å². The van der Waals surface area contributed by atoms with Crippen LogP contribution in [0.25, 0.3) is 5.65 Å². The molecule has 1 atom stereocenters. The summed E-state index contributed by atoms with van der Waals surface area (Å²) >= 11 is 0. The number of rotatable bonds is 10. The number of pyridine rings is 2. The minimum Gasteiger partial charge on any atom is -0.489 e. The molecule has 0 saturated carbocycles. The van der Waals surface area contributed by atoms with Gasteiger partial charge in [0.15, 0.2) is 0 Å². The quantitative estimate of drug-likeness (QED) is 0.196. The summed E-state index contributed by atoms with van der Waals surface area (Å²) in [6.45, 7) is 8.26. The van der Waals surface area contributed by atoms with Gasteiger partial charge in [0.1, 0.15) is 34.5 Å². The number of imide groups is 1. The van der Waals surface area contributed by atoms with Crippen molar-refractivity contribution >= 4 is 46.3 Å². The van der Waals surface area contributed by atoms with E-state index in [9.17, 15) is 32.3 Å². The van der Waals surface area contributed by atoms with E-state index in [1.807, 2.05) is 49.2 Å². The van der Waals surface area contributed by atoms with Crippen LogP contribution in [0.2, 0.25) is 0 Å². The Kier molecular flexibility index (Phi) is 11.1. The van der Waals surface area contributed by atoms with Crippen molar-refractivity contribution in [2.45, 2.75) is 63.8 Å². The summed E-state index contributed by atoms with van der Waals surface area (Å²) in [6, 6.07) is 12.3. The summed E-state index contributed by atoms with van der Waals surface area (Å²) in [7, 11) is 0. The van der Waals surface area contributed by atoms with Gasteiger partial charge in [-0.2, -0.15) is 13.2 Å². The van der Waals surface area contributed by atoms with Gasteiger partial charge in [-0.25, -0.2) is 9.97 Å². The highest BCUT2D eigenvalue weighted by molar-refractivity contribution is 6.04. The number of hydrogen-bond acceptors (Lipinski definition) is 10. The first kappa shape index (κ1) is 38.6. The van der Waals surface area contributed by atoms with Crippen molar-refractivity contribution < 1.29 is 37.1 Å². The van der Waals surface area contributed by atoms with E-state index in [1.165, 1.54) is 6.07 Å². The zero-order valence-electron chi connectivity index (χ0n) is 31.1. The summed E-state index contributed by atoms with van der Waals surface area (Å²) < 4.78 is 47.4. The number of carbonyl (C=O) groups is 4. The SMILES string of the molecule is CC(C)Oc1cc2nc(C3CCN(C(=O)CN4CCN(c5ccc(NC6CCC(=O)NC6=O)cc5)CC4)CC3)cn2cc1NC(=O)c1cccc(C(F)(F)F)n1. The molecule has 0 spiro atoms. The minimum atomic E-state index is -4.69. The number of amides is 4. The summed E-state index contributed by atoms with van der Waals surface area (Å²) in [5, 5.41) is 8.22. The molecule has 7 rings (SSSR count). The van der Waals surface area contributed by atoms with Crippen molar-refractivity contribution in [1.82, 2.24) is 29.5 Å². The van der Waals surface area contributed by atoms with Gasteiger partial charge in [0, 0.05) is 81.4 Å². The number of hydrogen-bond donors (Lipinski definition) is 3. The molecule has 296 valence electrons. The normalized spacial score (nSPS) is 18.6. The fourth-order valence-electron chi connectivity index (χ4n) is 7.26. The summed E-state index contributed by atoms with van der Waals surface area (Å²) in [4.78, 5) is 64.6. The Hall–Kier alpha value is -5.71. The number of halogens is 3. The molecule has 6 heterocycles. The molecule has 4 amide bonds. The standard InChI is InChI=1S/C39H44F3N9O5/c1-24(2)56-32-20-34-45-30(21-51(34)22-31(32)46-37(54)28-4-3-5-33(44-28)39(40,41)42)25-12-14-50(15-13-25)36(53)23-48-16-18-49(19-17-48)27-8-6-26(7-9-27)43-29-10-11-35(52)47-38(29)55/h3-9,20-22,24-25,29,43H,10-19,23H2,1-2H3,(H,46,54)(H,47,52,55). The van der Waals surface area contributed by atoms with Crippen LogP contribution in [-0.4, -0.2) is 106 Å². The molecule has 4 aromatic rings. The lowest BCUT2D eigenvalue weighted by Crippen LogP contribution is -2.51. The Morgan fingerprint density at radius 3 is 2.36 bits per heavy atom. The molecule has 14 nitrogen and oxygen atoms in total. The molecule has 0 radical (unpaired) electrons. The number of imidazole rings is 1. The largest absolute Gasteiger partial charge is 0.489 e. The third-order valence-corrected chi connectivity index (χ3v) is 10.3. The number of carbonyl (C=O) groups excluding carboxylic acids is 4. The number of alkyl halides is 3. The average molecular weight is 776 g/mol. The average Bonchev–Trinajstić information content (AvgIpc) is 3.59. The van der Waals surface area contributed by atoms with Crippen LogP contribution in [0.4, 0.5) is 30.2 Å². The molecular formula is C39H44F3N9O5. The van der Waals surface area contributed by atoms with Gasteiger partial charge in [0.2, 0.25) is 17.7 Å². The first-order valence-electron chi connectivity index (χ1n) is 18.8. The summed E-state index contributed by atoms with van der Waals surface area (Å²) in [5.41, 5.74) is 2.03. The van der Waals surface area contributed by atoms with Crippen LogP contribution in [0.1, 0.15) is 67.3 Å². The van der Waals surface area contributed by atoms with E-state index in [4.69, 9.17) is 9.72 Å². The number of likely N-dealkylation sites (tertiary alicyclic amines) is 1. The van der Waals surface area contributed by atoms with E-state index in [2.05, 4.69) is 30.7 Å². The zero-order chi connectivity index (χ0) is 39.6. The van der Waals surface area contributed by atoms with Crippen LogP contribution in [0.5, 0.6) is 5.75 Å². The van der Waals surface area contributed by atoms with Crippen molar-refractivity contribution in [3.05, 3.63) is 78.0 Å². The molecule has 3 fully saturated rings. The maximum atomic E-state index is 13.4. The molecular weight excluding hydrogens is 731 g/mol. The molecule has 17 heteroatoms. The summed E-state index contributed by atoms with van der Waals surface area (Å²) in [6.07, 6.45) is 0.809. The molecule has 3 aliphatic rings. The van der Waals surface area contributed by atoms with Crippen molar-refractivity contribution in [3.63, 3.8) is 0 Å². The predicted octanol–water partition coefficient (Wildman–Crippen LogP) is 4.53. The molecule has 3 aliphatic heterocycles. The number of piperidine rings is 2. The van der Waals surface area contributed by atoms with Gasteiger partial charge in [0.25, 0.3) is 5.91 Å². The fraction of sp³-hybridized carbons (Fsp3) is 0.436. The van der Waals surface area contributed by atoms with E-state index in [1.54, 1.807) is 16.7 Å². The Bertz CT molecular complexity index is 2090. The molecule has 56 heavy (non-hydrogen) atoms. The third kappa shape index (κ3) is 9.04. The van der Waals surface area contributed by atoms with Gasteiger partial charge >= 0.3 is 6.18 Å². The van der Waals surface area contributed by atoms with Crippen LogP contribution >= 0.6 is 0 Å². The number of fused-ring (bicyclic) bond motifs is 1. The highest BCUT2D eigenvalue weighted by Crippen LogP contribution is 2.33. The Morgan fingerprint density at radius 2 is 1.68 bits per heavy atom. The second-order valence-corrected chi connectivity index (χ2v) is 14.6. The second-order valence-electron chi connectivity index (χ2n) is 14.6. The number of nitrogens with one attached hydrogen (secondary N) is 3. The monoisotopic (exact) mass is 775 g/mol. The van der Waals surface area contributed by atoms with Gasteiger partial charge < -0.3 is 29.6 Å². The van der Waals surface area contributed by atoms with Crippen molar-refractivity contribution in [2.24, 2.45) is 0 Å². The molecule has 3 aromatic heterocycles. The smallest absolute Gasteiger partial charge is 0.433 e. The Labute approximate surface area is 321 Å². The predicted molar refractivity (Wildman–Crippen MR) is 202 cm³/mol. The van der Waals surface area contributed by atoms with Gasteiger partial charge in [-0.05, 0) is 69.5 Å². The number of nitrogens with zero attached hydrogens (tertiary/aromatic N) is 6. The maximum absolute atomic E-state index is 13.4. The Morgan fingerprint density at radius 1 is 0.946 bits per heavy atom. The van der Waals surface area contributed by atoms with Crippen LogP contribution in [0, 0.1) is 0 Å². The Balaban J connectivity index is 0.907. The molecule has 3 N–H and O–H groups in total. The molecule has 3 saturated heterocycles. The van der Waals surface area contributed by atoms with Crippen molar-refractivity contribution in [3.8, 4) is 5.75 Å². The van der Waals surface area contributed by atoms with E-state index in [0.717, 1.165) is 68.2 Å². The number of aromatic nitrogens is 3. The van der Waals surface area contributed by atoms with E-state index >= 15 is 0 Å². The molecule has 1 aromatic carbocycles.